The molecule has 4 heterocycles. The van der Waals surface area contributed by atoms with Crippen LogP contribution in [0.1, 0.15) is 25.3 Å². The highest BCUT2D eigenvalue weighted by molar-refractivity contribution is 6.07. The van der Waals surface area contributed by atoms with Gasteiger partial charge in [-0.1, -0.05) is 17.7 Å². The van der Waals surface area contributed by atoms with Crippen molar-refractivity contribution in [1.29, 1.82) is 0 Å². The number of allylic oxidation sites excluding steroid dienone is 1. The van der Waals surface area contributed by atoms with Gasteiger partial charge in [-0.15, -0.1) is 0 Å². The standard InChI is InChI=1S/C21H26N2O4/c1-4-12-10-22(2)18-9-21(19-8-14(12)15(18)11-27-19)16-6-5-13(24)7-17(16)23(26-3)20(21)25/h4-7,14-15,18-19,24H,8-11H2,1-3H3/b12-4+/t14-,15-,18-,19+,21-/m0/s1. The van der Waals surface area contributed by atoms with E-state index in [1.807, 2.05) is 6.07 Å². The number of aromatic hydroxyl groups is 1. The fourth-order valence-electron chi connectivity index (χ4n) is 6.05. The molecule has 3 saturated heterocycles. The van der Waals surface area contributed by atoms with Crippen LogP contribution >= 0.6 is 0 Å². The largest absolute Gasteiger partial charge is 0.508 e. The number of likely N-dealkylation sites (tertiary alicyclic amines) is 1. The van der Waals surface area contributed by atoms with Crippen LogP contribution in [0.3, 0.4) is 0 Å². The molecule has 1 spiro atoms. The molecular formula is C21H26N2O4. The van der Waals surface area contributed by atoms with E-state index in [4.69, 9.17) is 9.57 Å². The van der Waals surface area contributed by atoms with Gasteiger partial charge in [0.2, 0.25) is 0 Å². The zero-order valence-corrected chi connectivity index (χ0v) is 16.0. The highest BCUT2D eigenvalue weighted by atomic mass is 16.7. The number of carbonyl (C=O) groups is 1. The zero-order chi connectivity index (χ0) is 18.9. The van der Waals surface area contributed by atoms with Crippen molar-refractivity contribution >= 4 is 11.6 Å². The van der Waals surface area contributed by atoms with E-state index >= 15 is 0 Å². The Kier molecular flexibility index (Phi) is 3.70. The summed E-state index contributed by atoms with van der Waals surface area (Å²) in [5.41, 5.74) is 2.26. The number of phenols is 1. The first-order chi connectivity index (χ1) is 13.0. The van der Waals surface area contributed by atoms with Gasteiger partial charge in [-0.3, -0.25) is 14.5 Å². The molecule has 0 radical (unpaired) electrons. The fraction of sp³-hybridized carbons (Fsp3) is 0.571. The average molecular weight is 370 g/mol. The molecule has 144 valence electrons. The molecule has 1 aromatic carbocycles. The number of benzene rings is 1. The Morgan fingerprint density at radius 3 is 2.96 bits per heavy atom. The Morgan fingerprint density at radius 1 is 1.41 bits per heavy atom. The van der Waals surface area contributed by atoms with Gasteiger partial charge in [0.05, 0.1) is 25.5 Å². The molecule has 1 N–H and O–H groups in total. The lowest BCUT2D eigenvalue weighted by molar-refractivity contribution is -0.137. The number of nitrogens with zero attached hydrogens (tertiary/aromatic N) is 2. The molecule has 6 heteroatoms. The molecule has 27 heavy (non-hydrogen) atoms. The van der Waals surface area contributed by atoms with Gasteiger partial charge in [-0.25, -0.2) is 0 Å². The van der Waals surface area contributed by atoms with Gasteiger partial charge in [0.25, 0.3) is 5.91 Å². The third-order valence-corrected chi connectivity index (χ3v) is 7.32. The van der Waals surface area contributed by atoms with Gasteiger partial charge in [0, 0.05) is 24.6 Å². The van der Waals surface area contributed by atoms with Gasteiger partial charge in [0.1, 0.15) is 11.2 Å². The SMILES string of the molecule is C/C=C1\CN(C)[C@H]2C[C@@]3(C(=O)N(OC)c4cc(O)ccc43)[C@H]3C[C@@H]1[C@@H]2CO3. The summed E-state index contributed by atoms with van der Waals surface area (Å²) >= 11 is 0. The lowest BCUT2D eigenvalue weighted by Crippen LogP contribution is -2.50. The minimum absolute atomic E-state index is 0.0702. The molecule has 5 aliphatic rings. The summed E-state index contributed by atoms with van der Waals surface area (Å²) in [5, 5.41) is 11.3. The molecular weight excluding hydrogens is 344 g/mol. The number of carbonyl (C=O) groups excluding carboxylic acids is 1. The summed E-state index contributed by atoms with van der Waals surface area (Å²) in [5.74, 6) is 0.945. The Balaban J connectivity index is 1.70. The normalized spacial score (nSPS) is 39.3. The molecule has 0 aromatic heterocycles. The number of ether oxygens (including phenoxy) is 1. The predicted octanol–water partition coefficient (Wildman–Crippen LogP) is 2.22. The molecule has 4 fully saturated rings. The maximum Gasteiger partial charge on any atom is 0.264 e. The van der Waals surface area contributed by atoms with Crippen LogP contribution in [0.2, 0.25) is 0 Å². The molecule has 0 unspecified atom stereocenters. The Hall–Kier alpha value is -1.89. The summed E-state index contributed by atoms with van der Waals surface area (Å²) in [4.78, 5) is 21.5. The van der Waals surface area contributed by atoms with Crippen molar-refractivity contribution in [2.45, 2.75) is 37.3 Å². The third-order valence-electron chi connectivity index (χ3n) is 7.32. The quantitative estimate of drug-likeness (QED) is 0.768. The van der Waals surface area contributed by atoms with Crippen LogP contribution in [0, 0.1) is 11.8 Å². The van der Waals surface area contributed by atoms with Crippen molar-refractivity contribution in [3.63, 3.8) is 0 Å². The van der Waals surface area contributed by atoms with E-state index in [0.29, 0.717) is 24.1 Å². The summed E-state index contributed by atoms with van der Waals surface area (Å²) < 4.78 is 6.35. The van der Waals surface area contributed by atoms with E-state index in [1.54, 1.807) is 12.1 Å². The number of rotatable bonds is 1. The van der Waals surface area contributed by atoms with Crippen molar-refractivity contribution in [3.05, 3.63) is 35.4 Å². The average Bonchev–Trinajstić information content (AvgIpc) is 2.78. The lowest BCUT2D eigenvalue weighted by atomic mass is 9.72. The number of phenolic OH excluding ortho intramolecular Hbond substituents is 1. The number of hydrogen-bond acceptors (Lipinski definition) is 5. The number of amides is 1. The summed E-state index contributed by atoms with van der Waals surface area (Å²) in [6.45, 7) is 3.76. The van der Waals surface area contributed by atoms with Gasteiger partial charge in [-0.2, -0.15) is 5.06 Å². The predicted molar refractivity (Wildman–Crippen MR) is 100 cm³/mol. The van der Waals surface area contributed by atoms with Crippen LogP contribution in [0.15, 0.2) is 29.8 Å². The molecule has 1 amide bonds. The van der Waals surface area contributed by atoms with Crippen molar-refractivity contribution in [3.8, 4) is 5.75 Å². The van der Waals surface area contributed by atoms with E-state index in [2.05, 4.69) is 24.9 Å². The van der Waals surface area contributed by atoms with E-state index in [0.717, 1.165) is 24.9 Å². The van der Waals surface area contributed by atoms with E-state index in [-0.39, 0.29) is 23.8 Å². The first kappa shape index (κ1) is 17.2. The first-order valence-corrected chi connectivity index (χ1v) is 9.70. The fourth-order valence-corrected chi connectivity index (χ4v) is 6.05. The van der Waals surface area contributed by atoms with Crippen molar-refractivity contribution in [2.75, 3.05) is 32.4 Å². The maximum atomic E-state index is 13.7. The van der Waals surface area contributed by atoms with Gasteiger partial charge >= 0.3 is 0 Å². The smallest absolute Gasteiger partial charge is 0.264 e. The van der Waals surface area contributed by atoms with Crippen LogP contribution in [0.4, 0.5) is 5.69 Å². The second-order valence-electron chi connectivity index (χ2n) is 8.33. The van der Waals surface area contributed by atoms with Crippen LogP contribution in [0.5, 0.6) is 5.75 Å². The van der Waals surface area contributed by atoms with E-state index in [9.17, 15) is 9.90 Å². The Bertz CT molecular complexity index is 837. The number of piperidine rings is 1. The van der Waals surface area contributed by atoms with E-state index < -0.39 is 5.41 Å². The van der Waals surface area contributed by atoms with Gasteiger partial charge < -0.3 is 9.84 Å². The summed E-state index contributed by atoms with van der Waals surface area (Å²) in [6, 6.07) is 5.45. The summed E-state index contributed by atoms with van der Waals surface area (Å²) in [7, 11) is 3.66. The number of anilines is 1. The molecule has 5 atom stereocenters. The van der Waals surface area contributed by atoms with Crippen molar-refractivity contribution in [2.24, 2.45) is 11.8 Å². The minimum atomic E-state index is -0.759. The highest BCUT2D eigenvalue weighted by Crippen LogP contribution is 2.57. The van der Waals surface area contributed by atoms with E-state index in [1.165, 1.54) is 17.7 Å². The Morgan fingerprint density at radius 2 is 2.22 bits per heavy atom. The molecule has 1 saturated carbocycles. The zero-order valence-electron chi connectivity index (χ0n) is 16.0. The first-order valence-electron chi connectivity index (χ1n) is 9.70. The van der Waals surface area contributed by atoms with Gasteiger partial charge in [-0.05, 0) is 44.4 Å². The Labute approximate surface area is 159 Å². The third kappa shape index (κ3) is 2.09. The van der Waals surface area contributed by atoms with Crippen LogP contribution in [0.25, 0.3) is 0 Å². The number of hydrogen-bond donors (Lipinski definition) is 1. The second-order valence-corrected chi connectivity index (χ2v) is 8.33. The molecule has 1 aromatic rings. The number of likely N-dealkylation sites (N-methyl/N-ethyl adjacent to an activating group) is 1. The van der Waals surface area contributed by atoms with Crippen molar-refractivity contribution < 1.29 is 19.5 Å². The van der Waals surface area contributed by atoms with Gasteiger partial charge in [0.15, 0.2) is 0 Å². The van der Waals surface area contributed by atoms with Crippen LogP contribution in [-0.4, -0.2) is 55.4 Å². The second kappa shape index (κ2) is 5.80. The minimum Gasteiger partial charge on any atom is -0.508 e. The number of fused-ring (bicyclic) bond motifs is 2. The number of hydroxylamine groups is 1. The molecule has 6 nitrogen and oxygen atoms in total. The molecule has 4 bridgehead atoms. The molecule has 1 aliphatic carbocycles. The summed E-state index contributed by atoms with van der Waals surface area (Å²) in [6.07, 6.45) is 3.65. The lowest BCUT2D eigenvalue weighted by Gasteiger charge is -2.46. The highest BCUT2D eigenvalue weighted by Gasteiger charge is 2.64. The van der Waals surface area contributed by atoms with Crippen LogP contribution < -0.4 is 5.06 Å². The molecule has 4 aliphatic heterocycles. The molecule has 6 rings (SSSR count). The maximum absolute atomic E-state index is 13.7. The topological polar surface area (TPSA) is 62.2 Å². The van der Waals surface area contributed by atoms with Crippen molar-refractivity contribution in [1.82, 2.24) is 4.90 Å². The monoisotopic (exact) mass is 370 g/mol. The van der Waals surface area contributed by atoms with Crippen LogP contribution in [-0.2, 0) is 19.8 Å².